The summed E-state index contributed by atoms with van der Waals surface area (Å²) in [7, 11) is 1.27. The van der Waals surface area contributed by atoms with Crippen LogP contribution >= 0.6 is 0 Å². The molecule has 2 aromatic rings. The summed E-state index contributed by atoms with van der Waals surface area (Å²) in [4.78, 5) is 38.1. The first-order valence-corrected chi connectivity index (χ1v) is 9.89. The summed E-state index contributed by atoms with van der Waals surface area (Å²) in [5.74, 6) is 0.723. The molecule has 9 heteroatoms. The summed E-state index contributed by atoms with van der Waals surface area (Å²) in [5.41, 5.74) is 0.653. The average Bonchev–Trinajstić information content (AvgIpc) is 3.46. The number of esters is 1. The van der Waals surface area contributed by atoms with Gasteiger partial charge in [-0.2, -0.15) is 0 Å². The topological polar surface area (TPSA) is 107 Å². The molecule has 1 fully saturated rings. The second-order valence-electron chi connectivity index (χ2n) is 7.18. The maximum atomic E-state index is 12.6. The number of ether oxygens (including phenoxy) is 3. The van der Waals surface area contributed by atoms with E-state index in [0.29, 0.717) is 48.9 Å². The number of hydrogen-bond acceptors (Lipinski definition) is 7. The van der Waals surface area contributed by atoms with E-state index in [4.69, 9.17) is 13.9 Å². The van der Waals surface area contributed by atoms with Gasteiger partial charge in [0.25, 0.3) is 0 Å². The fraction of sp³-hybridized carbons (Fsp3) is 0.318. The fourth-order valence-electron chi connectivity index (χ4n) is 3.49. The van der Waals surface area contributed by atoms with Crippen LogP contribution in [0.3, 0.4) is 0 Å². The molecule has 1 N–H and O–H groups in total. The summed E-state index contributed by atoms with van der Waals surface area (Å²) >= 11 is 0. The Balaban J connectivity index is 1.27. The lowest BCUT2D eigenvalue weighted by Gasteiger charge is -2.30. The molecule has 0 unspecified atom stereocenters. The standard InChI is InChI=1S/C22H22N2O7/c1-28-22(27)18-6-3-16(31-18)4-7-20(25)24-10-8-14(9-11-24)21(26)23-15-2-5-17-19(12-15)30-13-29-17/h2-7,12,14H,8-11,13H2,1H3,(H,23,26)/b7-4+. The van der Waals surface area contributed by atoms with E-state index in [9.17, 15) is 14.4 Å². The molecule has 0 spiro atoms. The quantitative estimate of drug-likeness (QED) is 0.579. The predicted molar refractivity (Wildman–Crippen MR) is 110 cm³/mol. The lowest BCUT2D eigenvalue weighted by atomic mass is 9.95. The highest BCUT2D eigenvalue weighted by atomic mass is 16.7. The van der Waals surface area contributed by atoms with E-state index < -0.39 is 5.97 Å². The van der Waals surface area contributed by atoms with Crippen LogP contribution < -0.4 is 14.8 Å². The van der Waals surface area contributed by atoms with Crippen molar-refractivity contribution in [3.05, 3.63) is 47.9 Å². The number of carbonyl (C=O) groups is 3. The van der Waals surface area contributed by atoms with Gasteiger partial charge in [-0.3, -0.25) is 9.59 Å². The van der Waals surface area contributed by atoms with Crippen LogP contribution in [0.25, 0.3) is 6.08 Å². The number of piperidine rings is 1. The van der Waals surface area contributed by atoms with E-state index in [0.717, 1.165) is 0 Å². The molecule has 1 aromatic carbocycles. The Labute approximate surface area is 178 Å². The Morgan fingerprint density at radius 2 is 1.87 bits per heavy atom. The molecule has 2 aliphatic heterocycles. The first-order chi connectivity index (χ1) is 15.0. The molecule has 162 valence electrons. The van der Waals surface area contributed by atoms with Crippen LogP contribution in [-0.4, -0.2) is 49.7 Å². The number of furan rings is 1. The van der Waals surface area contributed by atoms with Gasteiger partial charge in [0.15, 0.2) is 11.5 Å². The summed E-state index contributed by atoms with van der Waals surface area (Å²) in [6.45, 7) is 1.14. The average molecular weight is 426 g/mol. The largest absolute Gasteiger partial charge is 0.463 e. The van der Waals surface area contributed by atoms with Crippen molar-refractivity contribution in [3.63, 3.8) is 0 Å². The number of fused-ring (bicyclic) bond motifs is 1. The van der Waals surface area contributed by atoms with Crippen molar-refractivity contribution in [2.75, 3.05) is 32.3 Å². The minimum atomic E-state index is -0.577. The van der Waals surface area contributed by atoms with Crippen LogP contribution in [0, 0.1) is 5.92 Å². The van der Waals surface area contributed by atoms with Crippen molar-refractivity contribution in [2.45, 2.75) is 12.8 Å². The molecule has 0 radical (unpaired) electrons. The molecule has 4 rings (SSSR count). The lowest BCUT2D eigenvalue weighted by Crippen LogP contribution is -2.40. The van der Waals surface area contributed by atoms with Crippen LogP contribution in [-0.2, 0) is 14.3 Å². The number of rotatable bonds is 5. The molecule has 1 aromatic heterocycles. The van der Waals surface area contributed by atoms with Gasteiger partial charge in [-0.05, 0) is 43.2 Å². The van der Waals surface area contributed by atoms with Crippen LogP contribution in [0.5, 0.6) is 11.5 Å². The van der Waals surface area contributed by atoms with Gasteiger partial charge >= 0.3 is 5.97 Å². The summed E-state index contributed by atoms with van der Waals surface area (Å²) in [5, 5.41) is 2.91. The number of nitrogens with one attached hydrogen (secondary N) is 1. The normalized spacial score (nSPS) is 15.8. The van der Waals surface area contributed by atoms with Crippen LogP contribution in [0.1, 0.15) is 29.2 Å². The number of amides is 2. The van der Waals surface area contributed by atoms with Crippen molar-refractivity contribution in [1.82, 2.24) is 4.90 Å². The zero-order valence-corrected chi connectivity index (χ0v) is 17.0. The van der Waals surface area contributed by atoms with Crippen LogP contribution in [0.4, 0.5) is 5.69 Å². The highest BCUT2D eigenvalue weighted by molar-refractivity contribution is 5.94. The molecule has 0 atom stereocenters. The van der Waals surface area contributed by atoms with Crippen molar-refractivity contribution < 1.29 is 33.0 Å². The summed E-state index contributed by atoms with van der Waals surface area (Å²) in [6, 6.07) is 8.35. The van der Waals surface area contributed by atoms with Gasteiger partial charge in [-0.25, -0.2) is 4.79 Å². The van der Waals surface area contributed by atoms with E-state index in [-0.39, 0.29) is 30.3 Å². The smallest absolute Gasteiger partial charge is 0.373 e. The third-order valence-corrected chi connectivity index (χ3v) is 5.22. The summed E-state index contributed by atoms with van der Waals surface area (Å²) < 4.78 is 20.5. The van der Waals surface area contributed by atoms with Gasteiger partial charge in [0.1, 0.15) is 5.76 Å². The summed E-state index contributed by atoms with van der Waals surface area (Å²) in [6.07, 6.45) is 4.05. The Morgan fingerprint density at radius 1 is 1.10 bits per heavy atom. The monoisotopic (exact) mass is 426 g/mol. The van der Waals surface area contributed by atoms with Crippen molar-refractivity contribution in [3.8, 4) is 11.5 Å². The van der Waals surface area contributed by atoms with Gasteiger partial charge < -0.3 is 28.8 Å². The number of anilines is 1. The van der Waals surface area contributed by atoms with E-state index in [1.165, 1.54) is 25.3 Å². The van der Waals surface area contributed by atoms with E-state index in [1.54, 1.807) is 29.2 Å². The molecule has 9 nitrogen and oxygen atoms in total. The van der Waals surface area contributed by atoms with E-state index in [1.807, 2.05) is 0 Å². The maximum absolute atomic E-state index is 12.6. The fourth-order valence-corrected chi connectivity index (χ4v) is 3.49. The number of methoxy groups -OCH3 is 1. The Bertz CT molecular complexity index is 1020. The maximum Gasteiger partial charge on any atom is 0.373 e. The highest BCUT2D eigenvalue weighted by Crippen LogP contribution is 2.34. The minimum absolute atomic E-state index is 0.0730. The molecule has 2 aliphatic rings. The van der Waals surface area contributed by atoms with Gasteiger partial charge in [0.2, 0.25) is 24.4 Å². The van der Waals surface area contributed by atoms with Gasteiger partial charge in [0.05, 0.1) is 7.11 Å². The lowest BCUT2D eigenvalue weighted by molar-refractivity contribution is -0.130. The zero-order chi connectivity index (χ0) is 21.8. The Hall–Kier alpha value is -3.75. The second-order valence-corrected chi connectivity index (χ2v) is 7.18. The number of nitrogens with zero attached hydrogens (tertiary/aromatic N) is 1. The van der Waals surface area contributed by atoms with Gasteiger partial charge in [-0.1, -0.05) is 0 Å². The third kappa shape index (κ3) is 4.71. The third-order valence-electron chi connectivity index (χ3n) is 5.22. The second kappa shape index (κ2) is 8.95. The van der Waals surface area contributed by atoms with Crippen molar-refractivity contribution in [2.24, 2.45) is 5.92 Å². The Kier molecular flexibility index (Phi) is 5.92. The molecule has 2 amide bonds. The number of hydrogen-bond donors (Lipinski definition) is 1. The zero-order valence-electron chi connectivity index (χ0n) is 17.0. The first kappa shape index (κ1) is 20.5. The first-order valence-electron chi connectivity index (χ1n) is 9.89. The minimum Gasteiger partial charge on any atom is -0.463 e. The molecule has 3 heterocycles. The molecule has 0 saturated carbocycles. The molecular weight excluding hydrogens is 404 g/mol. The predicted octanol–water partition coefficient (Wildman–Crippen LogP) is 2.69. The molecular formula is C22H22N2O7. The number of likely N-dealkylation sites (tertiary alicyclic amines) is 1. The van der Waals surface area contributed by atoms with Gasteiger partial charge in [-0.15, -0.1) is 0 Å². The number of carbonyl (C=O) groups excluding carboxylic acids is 3. The van der Waals surface area contributed by atoms with Crippen molar-refractivity contribution in [1.29, 1.82) is 0 Å². The molecule has 31 heavy (non-hydrogen) atoms. The van der Waals surface area contributed by atoms with Crippen LogP contribution in [0.2, 0.25) is 0 Å². The van der Waals surface area contributed by atoms with Crippen LogP contribution in [0.15, 0.2) is 40.8 Å². The van der Waals surface area contributed by atoms with E-state index >= 15 is 0 Å². The van der Waals surface area contributed by atoms with Gasteiger partial charge in [0, 0.05) is 36.8 Å². The SMILES string of the molecule is COC(=O)c1ccc(/C=C/C(=O)N2CCC(C(=O)Nc3ccc4c(c3)OCO4)CC2)o1. The van der Waals surface area contributed by atoms with E-state index in [2.05, 4.69) is 10.1 Å². The molecule has 0 bridgehead atoms. The van der Waals surface area contributed by atoms with Crippen molar-refractivity contribution >= 4 is 29.5 Å². The molecule has 0 aliphatic carbocycles. The number of benzene rings is 1. The highest BCUT2D eigenvalue weighted by Gasteiger charge is 2.27. The Morgan fingerprint density at radius 3 is 2.65 bits per heavy atom. The molecule has 1 saturated heterocycles.